The summed E-state index contributed by atoms with van der Waals surface area (Å²) in [4.78, 5) is 9.61. The van der Waals surface area contributed by atoms with E-state index in [9.17, 15) is 0 Å². The minimum Gasteiger partial charge on any atom is -0.323 e. The predicted molar refractivity (Wildman–Crippen MR) is 82.1 cm³/mol. The summed E-state index contributed by atoms with van der Waals surface area (Å²) in [6.45, 7) is 5.14. The third kappa shape index (κ3) is 1.46. The van der Waals surface area contributed by atoms with Crippen LogP contribution in [0.25, 0.3) is 33.5 Å². The maximum absolute atomic E-state index is 4.83. The van der Waals surface area contributed by atoms with Crippen LogP contribution in [0.5, 0.6) is 0 Å². The molecule has 0 bridgehead atoms. The van der Waals surface area contributed by atoms with E-state index in [4.69, 9.17) is 9.97 Å². The van der Waals surface area contributed by atoms with Crippen molar-refractivity contribution in [2.45, 2.75) is 20.4 Å². The lowest BCUT2D eigenvalue weighted by Gasteiger charge is -2.12. The number of hydrogen-bond acceptors (Lipinski definition) is 2. The lowest BCUT2D eigenvalue weighted by atomic mass is 10.1. The second-order valence-corrected chi connectivity index (χ2v) is 5.15. The van der Waals surface area contributed by atoms with E-state index >= 15 is 0 Å². The minimum absolute atomic E-state index is 0.891. The highest BCUT2D eigenvalue weighted by Gasteiger charge is 2.18. The molecule has 98 valence electrons. The normalized spacial score (nSPS) is 11.7. The third-order valence-electron chi connectivity index (χ3n) is 3.82. The topological polar surface area (TPSA) is 30.7 Å². The van der Waals surface area contributed by atoms with Gasteiger partial charge in [-0.15, -0.1) is 0 Å². The number of fused-ring (bicyclic) bond motifs is 4. The summed E-state index contributed by atoms with van der Waals surface area (Å²) < 4.78 is 2.24. The maximum Gasteiger partial charge on any atom is 0.160 e. The van der Waals surface area contributed by atoms with Gasteiger partial charge >= 0.3 is 0 Å². The van der Waals surface area contributed by atoms with E-state index in [-0.39, 0.29) is 0 Å². The molecular formula is C17H15N3. The van der Waals surface area contributed by atoms with Gasteiger partial charge in [-0.05, 0) is 38.1 Å². The molecule has 2 aliphatic rings. The van der Waals surface area contributed by atoms with Crippen LogP contribution in [0.1, 0.15) is 12.5 Å². The summed E-state index contributed by atoms with van der Waals surface area (Å²) in [5, 5.41) is 1.15. The van der Waals surface area contributed by atoms with Crippen molar-refractivity contribution in [3.63, 3.8) is 0 Å². The Labute approximate surface area is 117 Å². The smallest absolute Gasteiger partial charge is 0.160 e. The van der Waals surface area contributed by atoms with Crippen molar-refractivity contribution in [3.05, 3.63) is 48.0 Å². The van der Waals surface area contributed by atoms with Gasteiger partial charge in [0.2, 0.25) is 0 Å². The van der Waals surface area contributed by atoms with Gasteiger partial charge in [0, 0.05) is 11.9 Å². The van der Waals surface area contributed by atoms with Gasteiger partial charge in [-0.25, -0.2) is 9.97 Å². The molecule has 0 fully saturated rings. The van der Waals surface area contributed by atoms with Gasteiger partial charge in [0.05, 0.1) is 16.6 Å². The van der Waals surface area contributed by atoms with Crippen LogP contribution in [0.15, 0.2) is 42.5 Å². The zero-order valence-corrected chi connectivity index (χ0v) is 11.6. The molecule has 0 saturated heterocycles. The van der Waals surface area contributed by atoms with Crippen LogP contribution in [0.2, 0.25) is 0 Å². The molecule has 2 heterocycles. The van der Waals surface area contributed by atoms with Crippen molar-refractivity contribution in [2.24, 2.45) is 0 Å². The first-order valence-corrected chi connectivity index (χ1v) is 6.93. The Morgan fingerprint density at radius 1 is 1.00 bits per heavy atom. The Morgan fingerprint density at radius 2 is 1.85 bits per heavy atom. The molecule has 2 aliphatic heterocycles. The first kappa shape index (κ1) is 11.4. The van der Waals surface area contributed by atoms with E-state index in [0.717, 1.165) is 40.0 Å². The Bertz CT molecular complexity index is 905. The van der Waals surface area contributed by atoms with Crippen molar-refractivity contribution in [2.75, 3.05) is 0 Å². The second kappa shape index (κ2) is 4.04. The molecule has 2 aromatic rings. The van der Waals surface area contributed by atoms with E-state index in [0.29, 0.717) is 0 Å². The molecule has 4 rings (SSSR count). The molecule has 0 aliphatic carbocycles. The minimum atomic E-state index is 0.891. The van der Waals surface area contributed by atoms with Crippen LogP contribution in [0.3, 0.4) is 0 Å². The van der Waals surface area contributed by atoms with Crippen molar-refractivity contribution in [1.82, 2.24) is 14.5 Å². The number of para-hydroxylation sites is 2. The van der Waals surface area contributed by atoms with Gasteiger partial charge in [-0.2, -0.15) is 0 Å². The first-order chi connectivity index (χ1) is 9.78. The number of benzene rings is 2. The summed E-state index contributed by atoms with van der Waals surface area (Å²) in [6.07, 6.45) is 0. The van der Waals surface area contributed by atoms with E-state index in [1.807, 2.05) is 6.07 Å². The zero-order chi connectivity index (χ0) is 13.7. The molecule has 3 nitrogen and oxygen atoms in total. The van der Waals surface area contributed by atoms with Crippen LogP contribution < -0.4 is 0 Å². The number of rotatable bonds is 1. The predicted octanol–water partition coefficient (Wildman–Crippen LogP) is 4.02. The Hall–Kier alpha value is -2.42. The number of aryl methyl sites for hydroxylation is 2. The monoisotopic (exact) mass is 261 g/mol. The molecule has 0 spiro atoms. The third-order valence-corrected chi connectivity index (χ3v) is 3.82. The lowest BCUT2D eigenvalue weighted by Crippen LogP contribution is -2.05. The quantitative estimate of drug-likeness (QED) is 0.518. The highest BCUT2D eigenvalue weighted by molar-refractivity contribution is 5.97. The van der Waals surface area contributed by atoms with Gasteiger partial charge < -0.3 is 4.57 Å². The fraction of sp³-hybridized carbons (Fsp3) is 0.176. The van der Waals surface area contributed by atoms with Crippen molar-refractivity contribution < 1.29 is 0 Å². The van der Waals surface area contributed by atoms with E-state index in [1.165, 1.54) is 5.56 Å². The van der Waals surface area contributed by atoms with Gasteiger partial charge in [0.25, 0.3) is 0 Å². The first-order valence-electron chi connectivity index (χ1n) is 6.93. The average molecular weight is 261 g/mol. The number of aromatic nitrogens is 3. The van der Waals surface area contributed by atoms with Gasteiger partial charge in [0.1, 0.15) is 5.69 Å². The molecule has 0 N–H and O–H groups in total. The Kier molecular flexibility index (Phi) is 2.30. The lowest BCUT2D eigenvalue weighted by molar-refractivity contribution is 0.780. The zero-order valence-electron chi connectivity index (χ0n) is 11.6. The van der Waals surface area contributed by atoms with Crippen LogP contribution >= 0.6 is 0 Å². The highest BCUT2D eigenvalue weighted by Crippen LogP contribution is 2.32. The standard InChI is InChI=1S/C17H15N3/c1-3-20-15-7-5-4-6-14(15)18-16-12-10-11(2)8-9-13(12)19-17(16)20/h4-10H,3H2,1-2H3. The summed E-state index contributed by atoms with van der Waals surface area (Å²) >= 11 is 0. The van der Waals surface area contributed by atoms with E-state index < -0.39 is 0 Å². The fourth-order valence-corrected chi connectivity index (χ4v) is 2.86. The van der Waals surface area contributed by atoms with Crippen molar-refractivity contribution >= 4 is 21.9 Å². The SMILES string of the molecule is CCn1c2nc3ccc(C)cc3c-2nc2ccccc21. The summed E-state index contributed by atoms with van der Waals surface area (Å²) in [5.74, 6) is 0.979. The Balaban J connectivity index is 2.24. The maximum atomic E-state index is 4.83. The summed E-state index contributed by atoms with van der Waals surface area (Å²) in [7, 11) is 0. The summed E-state index contributed by atoms with van der Waals surface area (Å²) in [5.41, 5.74) is 5.43. The van der Waals surface area contributed by atoms with Crippen molar-refractivity contribution in [1.29, 1.82) is 0 Å². The fourth-order valence-electron chi connectivity index (χ4n) is 2.86. The molecule has 0 amide bonds. The molecule has 0 unspecified atom stereocenters. The molecule has 2 aromatic carbocycles. The summed E-state index contributed by atoms with van der Waals surface area (Å²) in [6, 6.07) is 14.6. The number of hydrogen-bond donors (Lipinski definition) is 0. The van der Waals surface area contributed by atoms with E-state index in [2.05, 4.69) is 54.8 Å². The molecule has 0 aromatic heterocycles. The van der Waals surface area contributed by atoms with Crippen LogP contribution in [-0.2, 0) is 6.54 Å². The average Bonchev–Trinajstić information content (AvgIpc) is 2.82. The Morgan fingerprint density at radius 3 is 2.70 bits per heavy atom. The molecule has 3 heteroatoms. The van der Waals surface area contributed by atoms with Crippen LogP contribution in [0, 0.1) is 6.92 Å². The van der Waals surface area contributed by atoms with E-state index in [1.54, 1.807) is 0 Å². The molecular weight excluding hydrogens is 246 g/mol. The van der Waals surface area contributed by atoms with Crippen LogP contribution in [0.4, 0.5) is 0 Å². The second-order valence-electron chi connectivity index (χ2n) is 5.15. The molecule has 0 atom stereocenters. The molecule has 0 saturated carbocycles. The van der Waals surface area contributed by atoms with Gasteiger partial charge in [-0.1, -0.05) is 23.8 Å². The largest absolute Gasteiger partial charge is 0.323 e. The highest BCUT2D eigenvalue weighted by atomic mass is 15.1. The van der Waals surface area contributed by atoms with Gasteiger partial charge in [-0.3, -0.25) is 0 Å². The van der Waals surface area contributed by atoms with Crippen LogP contribution in [-0.4, -0.2) is 14.5 Å². The molecule has 0 radical (unpaired) electrons. The van der Waals surface area contributed by atoms with Crippen molar-refractivity contribution in [3.8, 4) is 11.5 Å². The van der Waals surface area contributed by atoms with Gasteiger partial charge in [0.15, 0.2) is 5.82 Å². The number of nitrogens with zero attached hydrogens (tertiary/aromatic N) is 3. The molecule has 20 heavy (non-hydrogen) atoms.